The fraction of sp³-hybridized carbons (Fsp3) is 0.312. The molecule has 0 saturated carbocycles. The highest BCUT2D eigenvalue weighted by Gasteiger charge is 2.19. The number of rotatable bonds is 2. The van der Waals surface area contributed by atoms with E-state index in [1.54, 1.807) is 6.07 Å². The first kappa shape index (κ1) is 20.4. The zero-order valence-corrected chi connectivity index (χ0v) is 16.8. The van der Waals surface area contributed by atoms with Gasteiger partial charge in [0, 0.05) is 10.5 Å². The molecule has 26 heavy (non-hydrogen) atoms. The number of aliphatic hydroxyl groups excluding tert-OH is 1. The molecule has 3 N–H and O–H groups in total. The lowest BCUT2D eigenvalue weighted by Gasteiger charge is -2.21. The third kappa shape index (κ3) is 4.42. The van der Waals surface area contributed by atoms with Gasteiger partial charge < -0.3 is 19.9 Å². The third-order valence-corrected chi connectivity index (χ3v) is 4.73. The van der Waals surface area contributed by atoms with Gasteiger partial charge in [-0.1, -0.05) is 11.6 Å². The van der Waals surface area contributed by atoms with E-state index in [1.165, 1.54) is 12.1 Å². The summed E-state index contributed by atoms with van der Waals surface area (Å²) in [6.07, 6.45) is 0. The van der Waals surface area contributed by atoms with Crippen molar-refractivity contribution in [1.82, 2.24) is 10.2 Å². The van der Waals surface area contributed by atoms with Crippen LogP contribution in [0.3, 0.4) is 0 Å². The summed E-state index contributed by atoms with van der Waals surface area (Å²) in [5.41, 5.74) is -0.463. The quantitative estimate of drug-likeness (QED) is 0.239. The van der Waals surface area contributed by atoms with Crippen molar-refractivity contribution in [3.63, 3.8) is 0 Å². The maximum Gasteiger partial charge on any atom is 0.304 e. The first-order valence-corrected chi connectivity index (χ1v) is 8.76. The van der Waals surface area contributed by atoms with E-state index in [9.17, 15) is 15.1 Å². The number of likely N-dealkylation sites (N-methyl/N-ethyl adjacent to an activating group) is 1. The van der Waals surface area contributed by atoms with Gasteiger partial charge >= 0.3 is 5.88 Å². The number of nitrogens with one attached hydrogen (secondary N) is 1. The Morgan fingerprint density at radius 3 is 2.54 bits per heavy atom. The highest BCUT2D eigenvalue weighted by molar-refractivity contribution is 9.10. The summed E-state index contributed by atoms with van der Waals surface area (Å²) in [5, 5.41) is 36.7. The van der Waals surface area contributed by atoms with Crippen LogP contribution >= 0.6 is 27.5 Å². The molecule has 0 fully saturated rings. The number of aromatic nitrogens is 3. The third-order valence-electron chi connectivity index (χ3n) is 3.54. The number of halogens is 2. The lowest BCUT2D eigenvalue weighted by atomic mass is 10.1. The summed E-state index contributed by atoms with van der Waals surface area (Å²) in [6, 6.07) is 4.56. The molecular weight excluding hydrogens is 428 g/mol. The lowest BCUT2D eigenvalue weighted by Crippen LogP contribution is -2.36. The first-order chi connectivity index (χ1) is 12.0. The van der Waals surface area contributed by atoms with E-state index in [2.05, 4.69) is 47.3 Å². The Balaban J connectivity index is 0.000000298. The normalized spacial score (nSPS) is 11.5. The van der Waals surface area contributed by atoms with Crippen LogP contribution in [-0.2, 0) is 0 Å². The number of hydrogen-bond donors (Lipinski definition) is 3. The summed E-state index contributed by atoms with van der Waals surface area (Å²) >= 11 is 9.17. The number of aromatic amines is 1. The SMILES string of the molecule is C[N+](C)(C)CCO.O=c1[nH]nc(O)c2c1cc1cc(Cl)c(Br)cc1[n+]2[O-]. The number of aliphatic hydroxyl groups is 1. The van der Waals surface area contributed by atoms with Gasteiger partial charge in [0.05, 0.1) is 38.2 Å². The van der Waals surface area contributed by atoms with Crippen LogP contribution in [-0.4, -0.2) is 59.2 Å². The Labute approximate surface area is 162 Å². The van der Waals surface area contributed by atoms with Gasteiger partial charge in [-0.25, -0.2) is 5.10 Å². The molecule has 3 rings (SSSR count). The van der Waals surface area contributed by atoms with E-state index >= 15 is 0 Å². The Morgan fingerprint density at radius 2 is 2.00 bits per heavy atom. The van der Waals surface area contributed by atoms with Crippen molar-refractivity contribution >= 4 is 49.3 Å². The molecule has 10 heteroatoms. The predicted molar refractivity (Wildman–Crippen MR) is 103 cm³/mol. The lowest BCUT2D eigenvalue weighted by molar-refractivity contribution is -0.870. The summed E-state index contributed by atoms with van der Waals surface area (Å²) in [4.78, 5) is 11.7. The minimum absolute atomic E-state index is 0.0494. The molecule has 0 saturated heterocycles. The van der Waals surface area contributed by atoms with E-state index in [0.29, 0.717) is 19.6 Å². The number of pyridine rings is 1. The molecule has 2 aromatic heterocycles. The molecule has 2 heterocycles. The van der Waals surface area contributed by atoms with Gasteiger partial charge in [0.25, 0.3) is 11.1 Å². The van der Waals surface area contributed by atoms with Gasteiger partial charge in [0.2, 0.25) is 5.52 Å². The van der Waals surface area contributed by atoms with Gasteiger partial charge in [-0.05, 0) is 28.1 Å². The van der Waals surface area contributed by atoms with Crippen molar-refractivity contribution in [2.24, 2.45) is 0 Å². The number of nitrogens with zero attached hydrogens (tertiary/aromatic N) is 3. The second-order valence-corrected chi connectivity index (χ2v) is 7.90. The van der Waals surface area contributed by atoms with Crippen molar-refractivity contribution < 1.29 is 19.4 Å². The summed E-state index contributed by atoms with van der Waals surface area (Å²) in [5.74, 6) is -0.530. The highest BCUT2D eigenvalue weighted by atomic mass is 79.9. The molecule has 0 unspecified atom stereocenters. The highest BCUT2D eigenvalue weighted by Crippen LogP contribution is 2.28. The number of benzene rings is 1. The summed E-state index contributed by atoms with van der Waals surface area (Å²) < 4.78 is 1.85. The molecule has 140 valence electrons. The molecule has 3 aromatic rings. The Bertz CT molecular complexity index is 1020. The molecule has 0 bridgehead atoms. The van der Waals surface area contributed by atoms with Crippen LogP contribution in [0.1, 0.15) is 0 Å². The molecule has 0 spiro atoms. The second-order valence-electron chi connectivity index (χ2n) is 6.64. The maximum atomic E-state index is 12.2. The Morgan fingerprint density at radius 1 is 1.35 bits per heavy atom. The van der Waals surface area contributed by atoms with Gasteiger partial charge in [-0.3, -0.25) is 4.79 Å². The number of hydrogen-bond acceptors (Lipinski definition) is 5. The van der Waals surface area contributed by atoms with E-state index < -0.39 is 11.4 Å². The summed E-state index contributed by atoms with van der Waals surface area (Å²) in [6.45, 7) is 1.11. The van der Waals surface area contributed by atoms with Crippen LogP contribution in [0.25, 0.3) is 21.8 Å². The summed E-state index contributed by atoms with van der Waals surface area (Å²) in [7, 11) is 6.16. The van der Waals surface area contributed by atoms with Crippen LogP contribution in [0.4, 0.5) is 0 Å². The topological polar surface area (TPSA) is 113 Å². The van der Waals surface area contributed by atoms with Crippen LogP contribution < -0.4 is 10.3 Å². The van der Waals surface area contributed by atoms with E-state index in [-0.39, 0.29) is 23.0 Å². The molecule has 0 aliphatic rings. The van der Waals surface area contributed by atoms with E-state index in [0.717, 1.165) is 11.0 Å². The second kappa shape index (κ2) is 7.75. The molecule has 0 radical (unpaired) electrons. The zero-order valence-electron chi connectivity index (χ0n) is 14.5. The van der Waals surface area contributed by atoms with E-state index in [4.69, 9.17) is 16.7 Å². The molecule has 0 amide bonds. The zero-order chi connectivity index (χ0) is 19.6. The largest absolute Gasteiger partial charge is 0.618 e. The standard InChI is InChI=1S/C11H5BrClN3O3.C5H14NO/c12-6-3-8-4(2-7(6)13)1-5-9(16(8)19)11(18)15-14-10(5)17;1-6(2,3)4-5-7/h1-3H,(H,14,17)(H,15,18);7H,4-5H2,1-3H3/q;+1. The monoisotopic (exact) mass is 445 g/mol. The van der Waals surface area contributed by atoms with E-state index in [1.807, 2.05) is 0 Å². The van der Waals surface area contributed by atoms with Gasteiger partial charge in [-0.15, -0.1) is 5.10 Å². The molecule has 0 aliphatic heterocycles. The van der Waals surface area contributed by atoms with Crippen molar-refractivity contribution in [2.45, 2.75) is 0 Å². The predicted octanol–water partition coefficient (Wildman–Crippen LogP) is 1.52. The fourth-order valence-corrected chi connectivity index (χ4v) is 2.70. The van der Waals surface area contributed by atoms with Gasteiger partial charge in [0.15, 0.2) is 0 Å². The Hall–Kier alpha value is -1.94. The minimum Gasteiger partial charge on any atom is -0.618 e. The minimum atomic E-state index is -0.557. The molecule has 0 aliphatic carbocycles. The van der Waals surface area contributed by atoms with Crippen molar-refractivity contribution in [1.29, 1.82) is 0 Å². The molecule has 0 atom stereocenters. The number of fused-ring (bicyclic) bond motifs is 2. The van der Waals surface area contributed by atoms with Crippen molar-refractivity contribution in [3.8, 4) is 5.88 Å². The van der Waals surface area contributed by atoms with Crippen molar-refractivity contribution in [2.75, 3.05) is 34.3 Å². The average Bonchev–Trinajstić information content (AvgIpc) is 2.52. The number of quaternary nitrogens is 1. The van der Waals surface area contributed by atoms with Crippen molar-refractivity contribution in [3.05, 3.63) is 43.3 Å². The van der Waals surface area contributed by atoms with Crippen LogP contribution in [0.5, 0.6) is 5.88 Å². The van der Waals surface area contributed by atoms with Crippen LogP contribution in [0.2, 0.25) is 5.02 Å². The smallest absolute Gasteiger partial charge is 0.304 e. The Kier molecular flexibility index (Phi) is 6.07. The van der Waals surface area contributed by atoms with Gasteiger partial charge in [0.1, 0.15) is 11.9 Å². The van der Waals surface area contributed by atoms with Crippen LogP contribution in [0.15, 0.2) is 27.5 Å². The molecule has 8 nitrogen and oxygen atoms in total. The van der Waals surface area contributed by atoms with Gasteiger partial charge in [-0.2, -0.15) is 4.73 Å². The van der Waals surface area contributed by atoms with Crippen LogP contribution in [0, 0.1) is 5.21 Å². The fourth-order valence-electron chi connectivity index (χ4n) is 2.20. The molecule has 1 aromatic carbocycles. The first-order valence-electron chi connectivity index (χ1n) is 7.59. The number of aromatic hydroxyl groups is 1. The maximum absolute atomic E-state index is 12.2. The molecular formula is C16H19BrClN4O4+. The average molecular weight is 447 g/mol. The number of H-pyrrole nitrogens is 1.